The maximum absolute atomic E-state index is 12.9. The maximum Gasteiger partial charge on any atom is 0.220 e. The van der Waals surface area contributed by atoms with Crippen LogP contribution in [0.3, 0.4) is 0 Å². The molecule has 0 bridgehead atoms. The van der Waals surface area contributed by atoms with Crippen LogP contribution < -0.4 is 5.32 Å². The van der Waals surface area contributed by atoms with Gasteiger partial charge in [0, 0.05) is 6.42 Å². The number of carbonyl (C=O) groups is 1. The second-order valence-electron chi connectivity index (χ2n) is 20.4. The largest absolute Gasteiger partial charge is 0.394 e. The molecule has 7 atom stereocenters. The molecular weight excluding hydrogens is 875 g/mol. The third-order valence-corrected chi connectivity index (χ3v) is 13.8. The average Bonchev–Trinajstić information content (AvgIpc) is 3.36. The second kappa shape index (κ2) is 50.4. The summed E-state index contributed by atoms with van der Waals surface area (Å²) in [6.07, 6.45) is 62.4. The van der Waals surface area contributed by atoms with Gasteiger partial charge in [0.2, 0.25) is 5.91 Å². The minimum atomic E-state index is -1.56. The molecule has 9 heteroatoms. The van der Waals surface area contributed by atoms with Crippen molar-refractivity contribution < 1.29 is 39.8 Å². The van der Waals surface area contributed by atoms with E-state index < -0.39 is 49.5 Å². The predicted molar refractivity (Wildman–Crippen MR) is 295 cm³/mol. The molecule has 0 spiro atoms. The smallest absolute Gasteiger partial charge is 0.220 e. The highest BCUT2D eigenvalue weighted by Crippen LogP contribution is 2.23. The first kappa shape index (κ1) is 65.9. The van der Waals surface area contributed by atoms with E-state index >= 15 is 0 Å². The summed E-state index contributed by atoms with van der Waals surface area (Å²) in [5.41, 5.74) is 0. The highest BCUT2D eigenvalue weighted by Gasteiger charge is 2.44. The number of ether oxygens (including phenoxy) is 2. The number of allylic oxidation sites excluding steroid dienone is 9. The van der Waals surface area contributed by atoms with Gasteiger partial charge in [-0.15, -0.1) is 0 Å². The average molecular weight is 987 g/mol. The van der Waals surface area contributed by atoms with Gasteiger partial charge >= 0.3 is 0 Å². The predicted octanol–water partition coefficient (Wildman–Crippen LogP) is 14.7. The van der Waals surface area contributed by atoms with Gasteiger partial charge in [-0.25, -0.2) is 0 Å². The van der Waals surface area contributed by atoms with E-state index in [2.05, 4.69) is 67.8 Å². The van der Waals surface area contributed by atoms with Gasteiger partial charge in [-0.2, -0.15) is 0 Å². The molecule has 0 aliphatic carbocycles. The minimum Gasteiger partial charge on any atom is -0.394 e. The summed E-state index contributed by atoms with van der Waals surface area (Å²) in [6, 6.07) is -0.800. The molecule has 0 aromatic carbocycles. The van der Waals surface area contributed by atoms with E-state index in [0.29, 0.717) is 6.42 Å². The van der Waals surface area contributed by atoms with Crippen LogP contribution >= 0.6 is 0 Å². The molecule has 1 heterocycles. The molecule has 1 fully saturated rings. The molecule has 1 aliphatic heterocycles. The summed E-state index contributed by atoms with van der Waals surface area (Å²) in [5, 5.41) is 54.0. The van der Waals surface area contributed by atoms with Crippen molar-refractivity contribution in [2.45, 2.75) is 307 Å². The topological polar surface area (TPSA) is 149 Å². The van der Waals surface area contributed by atoms with Gasteiger partial charge in [-0.05, 0) is 57.8 Å². The van der Waals surface area contributed by atoms with E-state index in [0.717, 1.165) is 70.6 Å². The van der Waals surface area contributed by atoms with Crippen LogP contribution in [0.1, 0.15) is 264 Å². The molecule has 1 saturated heterocycles. The van der Waals surface area contributed by atoms with Crippen molar-refractivity contribution in [2.24, 2.45) is 0 Å². The van der Waals surface area contributed by atoms with Gasteiger partial charge in [0.25, 0.3) is 0 Å². The fraction of sp³-hybridized carbons (Fsp3) is 0.820. The minimum absolute atomic E-state index is 0.179. The van der Waals surface area contributed by atoms with Crippen LogP contribution in [0.5, 0.6) is 0 Å². The number of amides is 1. The summed E-state index contributed by atoms with van der Waals surface area (Å²) in [7, 11) is 0. The lowest BCUT2D eigenvalue weighted by Gasteiger charge is -2.40. The van der Waals surface area contributed by atoms with Crippen LogP contribution in [0.15, 0.2) is 60.8 Å². The van der Waals surface area contributed by atoms with Crippen molar-refractivity contribution in [3.8, 4) is 0 Å². The molecule has 0 aromatic rings. The molecule has 408 valence electrons. The molecule has 6 N–H and O–H groups in total. The maximum atomic E-state index is 12.9. The number of unbranched alkanes of at least 4 members (excludes halogenated alkanes) is 32. The van der Waals surface area contributed by atoms with Crippen LogP contribution in [0.2, 0.25) is 0 Å². The number of hydrogen-bond donors (Lipinski definition) is 6. The quantitative estimate of drug-likeness (QED) is 0.0261. The van der Waals surface area contributed by atoms with Gasteiger partial charge in [-0.1, -0.05) is 261 Å². The molecular formula is C61H111NO8. The van der Waals surface area contributed by atoms with Crippen LogP contribution in [0, 0.1) is 0 Å². The van der Waals surface area contributed by atoms with E-state index in [1.807, 2.05) is 6.08 Å². The van der Waals surface area contributed by atoms with Crippen molar-refractivity contribution in [3.63, 3.8) is 0 Å². The molecule has 7 unspecified atom stereocenters. The Kier molecular flexibility index (Phi) is 47.5. The first-order valence-corrected chi connectivity index (χ1v) is 29.5. The summed E-state index contributed by atoms with van der Waals surface area (Å²) < 4.78 is 11.2. The van der Waals surface area contributed by atoms with Gasteiger partial charge in [0.05, 0.1) is 25.4 Å². The summed E-state index contributed by atoms with van der Waals surface area (Å²) in [6.45, 7) is 3.58. The van der Waals surface area contributed by atoms with E-state index in [-0.39, 0.29) is 12.5 Å². The zero-order valence-corrected chi connectivity index (χ0v) is 45.3. The standard InChI is InChI=1S/C61H111NO8/c1-3-5-7-9-11-12-13-14-15-16-17-18-19-20-21-22-23-24-25-26-27-28-29-30-31-32-33-34-35-36-37-38-39-40-41-42-43-44-45-47-49-51-57(65)62-54(55(64)50-48-46-10-8-6-4-2)53-69-61-60(68)59(67)58(66)56(52-63)70-61/h5,7,11-12,14-15,17-18,48,50,54-56,58-61,63-64,66-68H,3-4,6,8-10,13,16,19-47,49,51-53H2,1-2H3,(H,62,65)/b7-5-,12-11-,15-14-,18-17-,50-48+. The van der Waals surface area contributed by atoms with Gasteiger partial charge < -0.3 is 40.3 Å². The van der Waals surface area contributed by atoms with Crippen molar-refractivity contribution in [1.29, 1.82) is 0 Å². The van der Waals surface area contributed by atoms with Gasteiger partial charge in [-0.3, -0.25) is 4.79 Å². The number of hydrogen-bond acceptors (Lipinski definition) is 8. The van der Waals surface area contributed by atoms with Gasteiger partial charge in [0.1, 0.15) is 24.4 Å². The Morgan fingerprint density at radius 3 is 1.31 bits per heavy atom. The number of rotatable bonds is 50. The first-order valence-electron chi connectivity index (χ1n) is 29.5. The molecule has 9 nitrogen and oxygen atoms in total. The highest BCUT2D eigenvalue weighted by atomic mass is 16.7. The van der Waals surface area contributed by atoms with Crippen LogP contribution in [0.25, 0.3) is 0 Å². The fourth-order valence-corrected chi connectivity index (χ4v) is 9.21. The highest BCUT2D eigenvalue weighted by molar-refractivity contribution is 5.76. The number of nitrogens with one attached hydrogen (secondary N) is 1. The van der Waals surface area contributed by atoms with E-state index in [9.17, 15) is 30.3 Å². The van der Waals surface area contributed by atoms with Crippen molar-refractivity contribution in [2.75, 3.05) is 13.2 Å². The lowest BCUT2D eigenvalue weighted by molar-refractivity contribution is -0.302. The van der Waals surface area contributed by atoms with Crippen molar-refractivity contribution in [1.82, 2.24) is 5.32 Å². The Morgan fingerprint density at radius 2 is 0.886 bits per heavy atom. The lowest BCUT2D eigenvalue weighted by Crippen LogP contribution is -2.60. The third kappa shape index (κ3) is 39.4. The number of aliphatic hydroxyl groups is 5. The van der Waals surface area contributed by atoms with E-state index in [1.54, 1.807) is 6.08 Å². The molecule has 0 radical (unpaired) electrons. The first-order chi connectivity index (χ1) is 34.3. The normalized spacial score (nSPS) is 19.8. The molecule has 0 saturated carbocycles. The second-order valence-corrected chi connectivity index (χ2v) is 20.4. The SMILES string of the molecule is CC/C=C\C/C=C\C/C=C\C/C=C\CCCCCCCCCCCCCCCCCCCCCCCCCCCCCCC(=O)NC(COC1OC(CO)C(O)C(O)C1O)C(O)/C=C/CCCCCC. The zero-order chi connectivity index (χ0) is 50.8. The van der Waals surface area contributed by atoms with Gasteiger partial charge in [0.15, 0.2) is 6.29 Å². The number of aliphatic hydroxyl groups excluding tert-OH is 5. The summed E-state index contributed by atoms with van der Waals surface area (Å²) in [4.78, 5) is 12.9. The third-order valence-electron chi connectivity index (χ3n) is 13.8. The van der Waals surface area contributed by atoms with E-state index in [4.69, 9.17) is 9.47 Å². The molecule has 1 aliphatic rings. The van der Waals surface area contributed by atoms with Crippen LogP contribution in [-0.2, 0) is 14.3 Å². The molecule has 0 aromatic heterocycles. The fourth-order valence-electron chi connectivity index (χ4n) is 9.21. The Morgan fingerprint density at radius 1 is 0.500 bits per heavy atom. The van der Waals surface area contributed by atoms with Crippen LogP contribution in [-0.4, -0.2) is 87.5 Å². The molecule has 70 heavy (non-hydrogen) atoms. The molecule has 1 rings (SSSR count). The Bertz CT molecular complexity index is 1280. The summed E-state index contributed by atoms with van der Waals surface area (Å²) in [5.74, 6) is -0.179. The Labute approximate surface area is 430 Å². The lowest BCUT2D eigenvalue weighted by atomic mass is 9.99. The molecule has 1 amide bonds. The van der Waals surface area contributed by atoms with E-state index in [1.165, 1.54) is 173 Å². The zero-order valence-electron chi connectivity index (χ0n) is 45.3. The van der Waals surface area contributed by atoms with Crippen LogP contribution in [0.4, 0.5) is 0 Å². The monoisotopic (exact) mass is 986 g/mol. The van der Waals surface area contributed by atoms with Crippen molar-refractivity contribution in [3.05, 3.63) is 60.8 Å². The number of carbonyl (C=O) groups excluding carboxylic acids is 1. The van der Waals surface area contributed by atoms with Crippen molar-refractivity contribution >= 4 is 5.91 Å². The summed E-state index contributed by atoms with van der Waals surface area (Å²) >= 11 is 0. The Hall–Kier alpha value is -2.11. The Balaban J connectivity index is 1.93.